The van der Waals surface area contributed by atoms with Gasteiger partial charge in [-0.3, -0.25) is 35.5 Å². The first kappa shape index (κ1) is 89.8. The average Bonchev–Trinajstić information content (AvgIpc) is 0.792. The maximum Gasteiger partial charge on any atom is 0.411 e. The predicted octanol–water partition coefficient (Wildman–Crippen LogP) is 19.1. The summed E-state index contributed by atoms with van der Waals surface area (Å²) < 4.78 is 27.9. The van der Waals surface area contributed by atoms with Gasteiger partial charge in [0, 0.05) is 122 Å². The van der Waals surface area contributed by atoms with Crippen LogP contribution in [0.15, 0.2) is 249 Å². The Morgan fingerprint density at radius 2 is 0.693 bits per heavy atom. The van der Waals surface area contributed by atoms with E-state index in [2.05, 4.69) is 87.0 Å². The molecule has 114 heavy (non-hydrogen) atoms. The van der Waals surface area contributed by atoms with Crippen LogP contribution in [0.4, 0.5) is 19.2 Å². The lowest BCUT2D eigenvalue weighted by molar-refractivity contribution is -0.139. The van der Waals surface area contributed by atoms with Crippen LogP contribution >= 0.6 is 63.7 Å². The normalized spacial score (nSPS) is 20.1. The fourth-order valence-electron chi connectivity index (χ4n) is 14.2. The largest absolute Gasteiger partial charge is 0.481 e. The van der Waals surface area contributed by atoms with Crippen LogP contribution in [0.5, 0.6) is 0 Å². The van der Waals surface area contributed by atoms with E-state index in [9.17, 15) is 43.5 Å². The van der Waals surface area contributed by atoms with E-state index in [1.54, 1.807) is 19.6 Å². The molecule has 0 unspecified atom stereocenters. The molecule has 12 rings (SSSR count). The van der Waals surface area contributed by atoms with Crippen LogP contribution in [0, 0.1) is 0 Å². The fraction of sp³-hybridized carbons (Fsp3) is 0.341. The second kappa shape index (κ2) is 43.1. The van der Waals surface area contributed by atoms with Gasteiger partial charge >= 0.3 is 30.3 Å². The molecule has 22 nitrogen and oxygen atoms in total. The Kier molecular flexibility index (Phi) is 34.0. The van der Waals surface area contributed by atoms with Gasteiger partial charge in [0.2, 0.25) is 17.7 Å². The number of carboxylic acids is 1. The van der Waals surface area contributed by atoms with Crippen molar-refractivity contribution in [2.75, 3.05) is 32.8 Å². The van der Waals surface area contributed by atoms with Crippen LogP contribution < -0.4 is 22.1 Å². The van der Waals surface area contributed by atoms with Crippen molar-refractivity contribution in [1.82, 2.24) is 35.9 Å². The van der Waals surface area contributed by atoms with Crippen molar-refractivity contribution < 1.29 is 67.5 Å². The van der Waals surface area contributed by atoms with Crippen LogP contribution in [0.25, 0.3) is 0 Å². The molecule has 0 aromatic heterocycles. The lowest BCUT2D eigenvalue weighted by atomic mass is 9.84. The van der Waals surface area contributed by atoms with Gasteiger partial charge in [-0.05, 0) is 134 Å². The predicted molar refractivity (Wildman–Crippen MR) is 451 cm³/mol. The van der Waals surface area contributed by atoms with Gasteiger partial charge in [0.1, 0.15) is 22.4 Å². The van der Waals surface area contributed by atoms with E-state index in [4.69, 9.17) is 24.1 Å². The zero-order valence-electron chi connectivity index (χ0n) is 64.9. The van der Waals surface area contributed by atoms with Gasteiger partial charge < -0.3 is 48.8 Å². The van der Waals surface area contributed by atoms with Gasteiger partial charge in [-0.2, -0.15) is 0 Å². The number of benzene rings is 8. The molecule has 0 saturated carbocycles. The van der Waals surface area contributed by atoms with Gasteiger partial charge in [-0.1, -0.05) is 240 Å². The zero-order chi connectivity index (χ0) is 82.6. The molecule has 4 saturated heterocycles. The van der Waals surface area contributed by atoms with Crippen molar-refractivity contribution in [3.63, 3.8) is 0 Å². The number of carbonyl (C=O) groups is 8. The van der Waals surface area contributed by atoms with Crippen molar-refractivity contribution in [2.24, 2.45) is 5.84 Å². The molecule has 7 N–H and O–H groups in total. The van der Waals surface area contributed by atoms with Gasteiger partial charge in [0.15, 0.2) is 0 Å². The van der Waals surface area contributed by atoms with E-state index in [0.717, 1.165) is 68.8 Å². The number of hydrogen-bond donors (Lipinski definition) is 6. The summed E-state index contributed by atoms with van der Waals surface area (Å²) in [7, 11) is 0. The molecule has 8 aromatic carbocycles. The molecule has 4 fully saturated rings. The number of aliphatic hydroxyl groups is 1. The Balaban J connectivity index is 0.000000187. The number of aliphatic hydroxyl groups excluding tert-OH is 1. The SMILES string of the molecule is C=CC[C@]1(c2ccccc2)CCN([C@@H](C)c2ccc(Br)cc2)C(=O)O1.CC(=O)NN.CC(=O)NNC(=O)CC[C@]1(c2ccccc2)CCN([C@@H](C)c2ccc(Br)cc2)C(=O)O1.C[C@@H](c1ccc(Br)cc1)N1CC[C@](CCC(=O)O)(c2ccccc2)OC1=O.C[C@@H](c1ccc(Br)cc1)N1CC[C@](CCCO)(c2ccccc2)OC1=O. The van der Waals surface area contributed by atoms with Gasteiger partial charge in [0.25, 0.3) is 0 Å². The summed E-state index contributed by atoms with van der Waals surface area (Å²) >= 11 is 13.7. The first-order valence-corrected chi connectivity index (χ1v) is 41.0. The Hall–Kier alpha value is -9.70. The number of nitrogens with zero attached hydrogens (tertiary/aromatic N) is 4. The number of carbonyl (C=O) groups excluding carboxylic acids is 7. The minimum Gasteiger partial charge on any atom is -0.481 e. The summed E-state index contributed by atoms with van der Waals surface area (Å²) in [5, 5.41) is 18.4. The number of cyclic esters (lactones) is 4. The van der Waals surface area contributed by atoms with Crippen molar-refractivity contribution in [3.05, 3.63) is 293 Å². The summed E-state index contributed by atoms with van der Waals surface area (Å²) in [5.74, 6) is 2.76. The number of hydrogen-bond acceptors (Lipinski definition) is 14. The van der Waals surface area contributed by atoms with E-state index >= 15 is 0 Å². The number of nitrogens with two attached hydrogens (primary N) is 1. The molecule has 0 aliphatic carbocycles. The van der Waals surface area contributed by atoms with E-state index in [0.29, 0.717) is 71.1 Å². The number of ether oxygens (including phenoxy) is 4. The van der Waals surface area contributed by atoms with Gasteiger partial charge in [-0.25, -0.2) is 25.0 Å². The maximum atomic E-state index is 13.1. The van der Waals surface area contributed by atoms with Crippen LogP contribution in [0.1, 0.15) is 181 Å². The molecule has 604 valence electrons. The third-order valence-corrected chi connectivity index (χ3v) is 23.0. The lowest BCUT2D eigenvalue weighted by Crippen LogP contribution is -2.49. The number of rotatable bonds is 23. The number of hydrazine groups is 2. The molecule has 0 radical (unpaired) electrons. The van der Waals surface area contributed by atoms with E-state index < -0.39 is 40.6 Å². The molecule has 4 aliphatic rings. The Bertz CT molecular complexity index is 4470. The van der Waals surface area contributed by atoms with Gasteiger partial charge in [-0.15, -0.1) is 6.58 Å². The molecular weight excluding hydrogens is 1710 g/mol. The smallest absolute Gasteiger partial charge is 0.411 e. The molecule has 26 heteroatoms. The molecular formula is C88H100Br4N8O14. The number of carboxylic acid groups (broad SMARTS) is 1. The van der Waals surface area contributed by atoms with Crippen molar-refractivity contribution >= 4 is 112 Å². The molecule has 4 heterocycles. The second-order valence-corrected chi connectivity index (χ2v) is 31.9. The molecule has 8 atom stereocenters. The third-order valence-electron chi connectivity index (χ3n) is 20.9. The summed E-state index contributed by atoms with van der Waals surface area (Å²) in [4.78, 5) is 102. The minimum atomic E-state index is -0.901. The number of aliphatic carboxylic acids is 1. The number of nitrogens with one attached hydrogen (secondary N) is 3. The highest BCUT2D eigenvalue weighted by atomic mass is 79.9. The highest BCUT2D eigenvalue weighted by Crippen LogP contribution is 2.45. The Labute approximate surface area is 701 Å². The maximum absolute atomic E-state index is 13.1. The van der Waals surface area contributed by atoms with Crippen LogP contribution in [-0.4, -0.2) is 111 Å². The summed E-state index contributed by atoms with van der Waals surface area (Å²) in [6.07, 6.45) is 5.47. The van der Waals surface area contributed by atoms with Crippen LogP contribution in [0.2, 0.25) is 0 Å². The number of halogens is 4. The van der Waals surface area contributed by atoms with E-state index in [-0.39, 0.29) is 79.9 Å². The summed E-state index contributed by atoms with van der Waals surface area (Å²) in [5.41, 5.74) is 11.4. The highest BCUT2D eigenvalue weighted by Gasteiger charge is 2.48. The molecule has 0 bridgehead atoms. The minimum absolute atomic E-state index is 0.0295. The second-order valence-electron chi connectivity index (χ2n) is 28.2. The van der Waals surface area contributed by atoms with Crippen LogP contribution in [0.3, 0.4) is 0 Å². The Morgan fingerprint density at radius 1 is 0.430 bits per heavy atom. The lowest BCUT2D eigenvalue weighted by Gasteiger charge is -2.43. The number of amides is 7. The molecule has 4 aliphatic heterocycles. The first-order valence-electron chi connectivity index (χ1n) is 37.8. The van der Waals surface area contributed by atoms with Crippen molar-refractivity contribution in [3.8, 4) is 0 Å². The monoisotopic (exact) mass is 1810 g/mol. The molecule has 0 spiro atoms. The van der Waals surface area contributed by atoms with E-state index in [1.807, 2.05) is 258 Å². The summed E-state index contributed by atoms with van der Waals surface area (Å²) in [6, 6.07) is 70.2. The standard InChI is InChI=1S/C23H26BrN3O4.C21H22BrNO4.C21H24BrNO3.C21H22BrNO2.C2H6N2O/c1-16(18-8-10-20(24)11-9-18)27-15-14-23(31-22(27)30,19-6-4-3-5-7-19)13-12-21(29)26-25-17(2)28;1-15(16-7-9-18(22)10-8-16)23-14-13-21(27-20(23)26,12-11-19(24)25)17-5-3-2-4-6-17;1-16(17-8-10-19(22)11-9-17)23-14-13-21(12-5-15-24,26-20(23)25)18-6-3-2-4-7-18;1-3-13-21(18-7-5-4-6-8-18)14-15-23(20(24)25-21)16(2)17-9-11-19(22)12-10-17;1-2(5)4-3/h3-11,16H,12-15H2,1-2H3,(H,25,28)(H,26,29);2-10,15H,11-14H2,1H3,(H,24,25);2-4,6-11,16,24H,5,12-15H2,1H3;3-12,16H,1,13-15H2,2H3;3H2,1H3,(H,4,5)/t16-,23+;15-,21+;2*16-,21+;/m0000./s1. The first-order chi connectivity index (χ1) is 54.6. The third kappa shape index (κ3) is 24.7. The van der Waals surface area contributed by atoms with Crippen molar-refractivity contribution in [2.45, 2.75) is 159 Å². The quantitative estimate of drug-likeness (QED) is 0.0114. The summed E-state index contributed by atoms with van der Waals surface area (Å²) in [6.45, 7) is 16.9. The van der Waals surface area contributed by atoms with E-state index in [1.165, 1.54) is 13.8 Å². The topological polar surface area (TPSA) is 289 Å². The zero-order valence-corrected chi connectivity index (χ0v) is 71.2. The van der Waals surface area contributed by atoms with Gasteiger partial charge in [0.05, 0.1) is 24.2 Å². The van der Waals surface area contributed by atoms with Crippen LogP contribution in [-0.2, 0) is 60.5 Å². The average molecular weight is 1810 g/mol. The highest BCUT2D eigenvalue weighted by molar-refractivity contribution is 9.11. The molecule has 7 amide bonds. The molecule has 8 aromatic rings. The fourth-order valence-corrected chi connectivity index (χ4v) is 15.3. The Morgan fingerprint density at radius 3 is 0.947 bits per heavy atom. The van der Waals surface area contributed by atoms with Crippen molar-refractivity contribution in [1.29, 1.82) is 0 Å².